The maximum absolute atomic E-state index is 13.3. The topological polar surface area (TPSA) is 26.0 Å². The molecule has 0 radical (unpaired) electrons. The fourth-order valence-electron chi connectivity index (χ4n) is 2.47. The fourth-order valence-corrected chi connectivity index (χ4v) is 2.59. The molecular weight excluding hydrogens is 249 g/mol. The lowest BCUT2D eigenvalue weighted by Gasteiger charge is -2.17. The number of rotatable bonds is 4. The second-order valence-electron chi connectivity index (χ2n) is 5.02. The Kier molecular flexibility index (Phi) is 4.79. The van der Waals surface area contributed by atoms with E-state index >= 15 is 0 Å². The van der Waals surface area contributed by atoms with Crippen LogP contribution in [0.2, 0.25) is 5.02 Å². The third-order valence-corrected chi connectivity index (χ3v) is 3.70. The van der Waals surface area contributed by atoms with Gasteiger partial charge in [0.2, 0.25) is 0 Å². The zero-order chi connectivity index (χ0) is 13.0. The number of halogens is 2. The second kappa shape index (κ2) is 6.35. The smallest absolute Gasteiger partial charge is 0.142 e. The summed E-state index contributed by atoms with van der Waals surface area (Å²) in [5.74, 6) is -0.363. The van der Waals surface area contributed by atoms with Crippen molar-refractivity contribution in [1.82, 2.24) is 0 Å². The van der Waals surface area contributed by atoms with Gasteiger partial charge in [0.1, 0.15) is 5.82 Å². The van der Waals surface area contributed by atoms with Crippen molar-refractivity contribution >= 4 is 11.6 Å². The summed E-state index contributed by atoms with van der Waals surface area (Å²) in [6.07, 6.45) is 8.84. The molecule has 0 saturated heterocycles. The van der Waals surface area contributed by atoms with E-state index in [2.05, 4.69) is 6.08 Å². The molecule has 1 aromatic rings. The van der Waals surface area contributed by atoms with Crippen LogP contribution in [0.15, 0.2) is 29.8 Å². The molecule has 1 atom stereocenters. The predicted octanol–water partition coefficient (Wildman–Crippen LogP) is 4.24. The summed E-state index contributed by atoms with van der Waals surface area (Å²) in [6, 6.07) is 4.99. The van der Waals surface area contributed by atoms with Crippen molar-refractivity contribution in [1.29, 1.82) is 0 Å². The van der Waals surface area contributed by atoms with Crippen molar-refractivity contribution in [3.8, 4) is 0 Å². The van der Waals surface area contributed by atoms with Gasteiger partial charge in [-0.2, -0.15) is 0 Å². The molecular formula is C15H19ClFN. The molecule has 0 aromatic heterocycles. The van der Waals surface area contributed by atoms with Gasteiger partial charge in [-0.25, -0.2) is 4.39 Å². The average Bonchev–Trinajstić information content (AvgIpc) is 2.35. The number of hydrogen-bond donors (Lipinski definition) is 1. The fraction of sp³-hybridized carbons (Fsp3) is 0.467. The van der Waals surface area contributed by atoms with Gasteiger partial charge in [0.15, 0.2) is 0 Å². The number of benzene rings is 1. The molecule has 18 heavy (non-hydrogen) atoms. The van der Waals surface area contributed by atoms with Gasteiger partial charge < -0.3 is 5.73 Å². The van der Waals surface area contributed by atoms with E-state index in [1.165, 1.54) is 37.3 Å². The predicted molar refractivity (Wildman–Crippen MR) is 74.3 cm³/mol. The average molecular weight is 268 g/mol. The molecule has 1 unspecified atom stereocenters. The molecule has 1 aliphatic carbocycles. The Morgan fingerprint density at radius 1 is 1.28 bits per heavy atom. The first-order valence-corrected chi connectivity index (χ1v) is 6.90. The van der Waals surface area contributed by atoms with Gasteiger partial charge in [0, 0.05) is 6.04 Å². The van der Waals surface area contributed by atoms with E-state index in [0.29, 0.717) is 6.42 Å². The van der Waals surface area contributed by atoms with Gasteiger partial charge in [-0.15, -0.1) is 0 Å². The van der Waals surface area contributed by atoms with Crippen LogP contribution in [-0.4, -0.2) is 6.04 Å². The van der Waals surface area contributed by atoms with Crippen LogP contribution in [0, 0.1) is 5.82 Å². The Morgan fingerprint density at radius 2 is 2.11 bits per heavy atom. The summed E-state index contributed by atoms with van der Waals surface area (Å²) in [5.41, 5.74) is 8.51. The monoisotopic (exact) mass is 267 g/mol. The Balaban J connectivity index is 1.92. The highest BCUT2D eigenvalue weighted by atomic mass is 35.5. The molecule has 1 aliphatic rings. The highest BCUT2D eigenvalue weighted by molar-refractivity contribution is 6.30. The quantitative estimate of drug-likeness (QED) is 0.812. The molecule has 2 N–H and O–H groups in total. The highest BCUT2D eigenvalue weighted by Crippen LogP contribution is 2.22. The summed E-state index contributed by atoms with van der Waals surface area (Å²) in [7, 11) is 0. The van der Waals surface area contributed by atoms with Crippen LogP contribution in [0.3, 0.4) is 0 Å². The van der Waals surface area contributed by atoms with E-state index in [0.717, 1.165) is 12.0 Å². The molecule has 2 rings (SSSR count). The maximum Gasteiger partial charge on any atom is 0.142 e. The van der Waals surface area contributed by atoms with Crippen molar-refractivity contribution in [2.45, 2.75) is 44.6 Å². The van der Waals surface area contributed by atoms with E-state index in [9.17, 15) is 4.39 Å². The van der Waals surface area contributed by atoms with Gasteiger partial charge in [0.25, 0.3) is 0 Å². The van der Waals surface area contributed by atoms with Crippen molar-refractivity contribution in [2.24, 2.45) is 5.73 Å². The zero-order valence-electron chi connectivity index (χ0n) is 10.5. The van der Waals surface area contributed by atoms with Gasteiger partial charge in [0.05, 0.1) is 5.02 Å². The van der Waals surface area contributed by atoms with Crippen LogP contribution in [0.4, 0.5) is 4.39 Å². The Labute approximate surface area is 113 Å². The minimum absolute atomic E-state index is 0.0647. The second-order valence-corrected chi connectivity index (χ2v) is 5.43. The normalized spacial score (nSPS) is 17.4. The van der Waals surface area contributed by atoms with Crippen LogP contribution < -0.4 is 5.73 Å². The first kappa shape index (κ1) is 13.6. The van der Waals surface area contributed by atoms with Crippen LogP contribution in [-0.2, 0) is 6.42 Å². The maximum atomic E-state index is 13.3. The number of hydrogen-bond acceptors (Lipinski definition) is 1. The molecule has 0 aliphatic heterocycles. The Hall–Kier alpha value is -0.860. The van der Waals surface area contributed by atoms with Crippen LogP contribution in [0.25, 0.3) is 0 Å². The molecule has 3 heteroatoms. The number of allylic oxidation sites excluding steroid dienone is 1. The van der Waals surface area contributed by atoms with Crippen molar-refractivity contribution < 1.29 is 4.39 Å². The minimum atomic E-state index is -0.363. The molecule has 0 saturated carbocycles. The largest absolute Gasteiger partial charge is 0.327 e. The summed E-state index contributed by atoms with van der Waals surface area (Å²) >= 11 is 5.66. The Morgan fingerprint density at radius 3 is 2.78 bits per heavy atom. The van der Waals surface area contributed by atoms with Crippen LogP contribution in [0.5, 0.6) is 0 Å². The molecule has 0 bridgehead atoms. The van der Waals surface area contributed by atoms with Crippen LogP contribution >= 0.6 is 11.6 Å². The Bertz CT molecular complexity index is 442. The van der Waals surface area contributed by atoms with Crippen molar-refractivity contribution in [3.63, 3.8) is 0 Å². The molecule has 1 aromatic carbocycles. The molecule has 1 nitrogen and oxygen atoms in total. The van der Waals surface area contributed by atoms with Gasteiger partial charge >= 0.3 is 0 Å². The van der Waals surface area contributed by atoms with Crippen molar-refractivity contribution in [2.75, 3.05) is 0 Å². The van der Waals surface area contributed by atoms with Crippen molar-refractivity contribution in [3.05, 3.63) is 46.3 Å². The standard InChI is InChI=1S/C15H19ClFN/c16-14-7-6-12(10-15(14)17)9-13(18)8-11-4-2-1-3-5-11/h4,6-7,10,13H,1-3,5,8-9,18H2. The third-order valence-electron chi connectivity index (χ3n) is 3.39. The molecule has 0 fully saturated rings. The first-order valence-electron chi connectivity index (χ1n) is 6.52. The van der Waals surface area contributed by atoms with E-state index in [1.54, 1.807) is 6.07 Å². The molecule has 0 amide bonds. The van der Waals surface area contributed by atoms with E-state index in [4.69, 9.17) is 17.3 Å². The summed E-state index contributed by atoms with van der Waals surface area (Å²) in [6.45, 7) is 0. The zero-order valence-corrected chi connectivity index (χ0v) is 11.2. The highest BCUT2D eigenvalue weighted by Gasteiger charge is 2.11. The third kappa shape index (κ3) is 3.82. The molecule has 98 valence electrons. The summed E-state index contributed by atoms with van der Waals surface area (Å²) in [5, 5.41) is 0.169. The SMILES string of the molecule is NC(CC1=CCCCC1)Cc1ccc(Cl)c(F)c1. The molecule has 0 spiro atoms. The summed E-state index contributed by atoms with van der Waals surface area (Å²) < 4.78 is 13.3. The van der Waals surface area contributed by atoms with Gasteiger partial charge in [-0.05, 0) is 56.2 Å². The van der Waals surface area contributed by atoms with E-state index in [1.807, 2.05) is 6.07 Å². The number of nitrogens with two attached hydrogens (primary N) is 1. The lowest BCUT2D eigenvalue weighted by Crippen LogP contribution is -2.23. The summed E-state index contributed by atoms with van der Waals surface area (Å²) in [4.78, 5) is 0. The van der Waals surface area contributed by atoms with E-state index in [-0.39, 0.29) is 16.9 Å². The van der Waals surface area contributed by atoms with Gasteiger partial charge in [-0.1, -0.05) is 29.3 Å². The lowest BCUT2D eigenvalue weighted by atomic mass is 9.92. The van der Waals surface area contributed by atoms with Gasteiger partial charge in [-0.3, -0.25) is 0 Å². The van der Waals surface area contributed by atoms with Crippen LogP contribution in [0.1, 0.15) is 37.7 Å². The lowest BCUT2D eigenvalue weighted by molar-refractivity contribution is 0.598. The van der Waals surface area contributed by atoms with E-state index < -0.39 is 0 Å². The first-order chi connectivity index (χ1) is 8.65. The molecule has 0 heterocycles. The minimum Gasteiger partial charge on any atom is -0.327 e.